The van der Waals surface area contributed by atoms with E-state index >= 15 is 0 Å². The highest BCUT2D eigenvalue weighted by atomic mass is 16.5. The molecule has 0 spiro atoms. The van der Waals surface area contributed by atoms with E-state index in [0.717, 1.165) is 0 Å². The van der Waals surface area contributed by atoms with Gasteiger partial charge in [-0.25, -0.2) is 0 Å². The Kier molecular flexibility index (Phi) is 2.76. The van der Waals surface area contributed by atoms with Crippen LogP contribution in [0.25, 0.3) is 0 Å². The van der Waals surface area contributed by atoms with E-state index in [4.69, 9.17) is 9.47 Å². The maximum absolute atomic E-state index is 5.14. The molecule has 2 aliphatic heterocycles. The lowest BCUT2D eigenvalue weighted by Crippen LogP contribution is -2.08. The molecule has 72 valence electrons. The lowest BCUT2D eigenvalue weighted by molar-refractivity contribution is 0.153. The van der Waals surface area contributed by atoms with Crippen LogP contribution in [0.2, 0.25) is 0 Å². The predicted molar refractivity (Wildman–Crippen MR) is 51.2 cm³/mol. The third kappa shape index (κ3) is 2.32. The first-order valence-corrected chi connectivity index (χ1v) is 4.33. The molecule has 2 heterocycles. The lowest BCUT2D eigenvalue weighted by atomic mass is 10.4. The van der Waals surface area contributed by atoms with E-state index in [1.807, 2.05) is 24.3 Å². The summed E-state index contributed by atoms with van der Waals surface area (Å²) in [6, 6.07) is 0. The molecule has 2 unspecified atom stereocenters. The highest BCUT2D eigenvalue weighted by molar-refractivity contribution is 5.08. The average molecular weight is 190 g/mol. The Bertz CT molecular complexity index is 297. The van der Waals surface area contributed by atoms with Gasteiger partial charge in [0.1, 0.15) is 0 Å². The molecule has 0 saturated heterocycles. The van der Waals surface area contributed by atoms with E-state index in [1.165, 1.54) is 0 Å². The number of hydrogen-bond donors (Lipinski definition) is 0. The summed E-state index contributed by atoms with van der Waals surface area (Å²) in [5.41, 5.74) is 0. The zero-order valence-electron chi connectivity index (χ0n) is 7.48. The number of azo groups is 1. The number of rotatable bonds is 2. The number of ether oxygens (including phenoxy) is 2. The topological polar surface area (TPSA) is 43.2 Å². The molecule has 2 rings (SSSR count). The minimum atomic E-state index is -0.331. The van der Waals surface area contributed by atoms with Crippen LogP contribution in [0.1, 0.15) is 0 Å². The number of hydrogen-bond acceptors (Lipinski definition) is 4. The fourth-order valence-corrected chi connectivity index (χ4v) is 1.01. The van der Waals surface area contributed by atoms with Crippen LogP contribution in [0.4, 0.5) is 0 Å². The Balaban J connectivity index is 1.87. The van der Waals surface area contributed by atoms with Gasteiger partial charge in [0.2, 0.25) is 12.5 Å². The number of allylic oxidation sites excluding steroid dienone is 4. The van der Waals surface area contributed by atoms with Crippen LogP contribution in [0.15, 0.2) is 59.2 Å². The van der Waals surface area contributed by atoms with Gasteiger partial charge in [-0.15, -0.1) is 10.2 Å². The van der Waals surface area contributed by atoms with Gasteiger partial charge in [-0.2, -0.15) is 0 Å². The molecular weight excluding hydrogens is 180 g/mol. The molecular formula is C10H10N2O2. The van der Waals surface area contributed by atoms with Crippen molar-refractivity contribution in [2.45, 2.75) is 12.5 Å². The van der Waals surface area contributed by atoms with Crippen LogP contribution in [0.5, 0.6) is 0 Å². The third-order valence-corrected chi connectivity index (χ3v) is 1.66. The van der Waals surface area contributed by atoms with Gasteiger partial charge in [0, 0.05) is 0 Å². The second-order valence-electron chi connectivity index (χ2n) is 2.71. The molecule has 4 heteroatoms. The normalized spacial score (nSPS) is 29.1. The Morgan fingerprint density at radius 1 is 0.714 bits per heavy atom. The van der Waals surface area contributed by atoms with Gasteiger partial charge in [0.15, 0.2) is 0 Å². The molecule has 2 atom stereocenters. The minimum absolute atomic E-state index is 0.331. The van der Waals surface area contributed by atoms with Crippen molar-refractivity contribution < 1.29 is 9.47 Å². The summed E-state index contributed by atoms with van der Waals surface area (Å²) < 4.78 is 10.3. The van der Waals surface area contributed by atoms with Crippen molar-refractivity contribution in [2.24, 2.45) is 10.2 Å². The van der Waals surface area contributed by atoms with Crippen LogP contribution in [-0.2, 0) is 9.47 Å². The maximum atomic E-state index is 5.14. The SMILES string of the molecule is C1=COC(N=NC2C=CC=CO2)C=C1. The van der Waals surface area contributed by atoms with Crippen molar-refractivity contribution >= 4 is 0 Å². The second kappa shape index (κ2) is 4.41. The average Bonchev–Trinajstić information content (AvgIpc) is 2.29. The monoisotopic (exact) mass is 190 g/mol. The molecule has 0 N–H and O–H groups in total. The van der Waals surface area contributed by atoms with Gasteiger partial charge in [-0.1, -0.05) is 12.2 Å². The molecule has 4 nitrogen and oxygen atoms in total. The first-order valence-electron chi connectivity index (χ1n) is 4.33. The van der Waals surface area contributed by atoms with Crippen LogP contribution in [-0.4, -0.2) is 12.5 Å². The largest absolute Gasteiger partial charge is 0.471 e. The van der Waals surface area contributed by atoms with Crippen molar-refractivity contribution in [2.75, 3.05) is 0 Å². The molecule has 0 radical (unpaired) electrons. The standard InChI is InChI=1S/C10H10N2O2/c1-3-7-13-9(5-1)11-12-10-6-2-4-8-14-10/h1-10H. The minimum Gasteiger partial charge on any atom is -0.471 e. The molecule has 0 aromatic heterocycles. The lowest BCUT2D eigenvalue weighted by Gasteiger charge is -2.11. The summed E-state index contributed by atoms with van der Waals surface area (Å²) in [4.78, 5) is 0. The highest BCUT2D eigenvalue weighted by Crippen LogP contribution is 2.08. The molecule has 0 saturated carbocycles. The Hall–Kier alpha value is -1.84. The molecule has 0 amide bonds. The molecule has 0 fully saturated rings. The maximum Gasteiger partial charge on any atom is 0.227 e. The first kappa shape index (κ1) is 8.74. The number of nitrogens with zero attached hydrogens (tertiary/aromatic N) is 2. The van der Waals surface area contributed by atoms with E-state index in [9.17, 15) is 0 Å². The highest BCUT2D eigenvalue weighted by Gasteiger charge is 2.06. The predicted octanol–water partition coefficient (Wildman–Crippen LogP) is 2.29. The second-order valence-corrected chi connectivity index (χ2v) is 2.71. The van der Waals surface area contributed by atoms with Gasteiger partial charge in [0.25, 0.3) is 0 Å². The molecule has 2 aliphatic rings. The van der Waals surface area contributed by atoms with E-state index < -0.39 is 0 Å². The van der Waals surface area contributed by atoms with Gasteiger partial charge in [0.05, 0.1) is 12.5 Å². The van der Waals surface area contributed by atoms with Crippen LogP contribution in [0.3, 0.4) is 0 Å². The van der Waals surface area contributed by atoms with Crippen LogP contribution >= 0.6 is 0 Å². The van der Waals surface area contributed by atoms with Crippen molar-refractivity contribution in [1.29, 1.82) is 0 Å². The Morgan fingerprint density at radius 2 is 1.21 bits per heavy atom. The van der Waals surface area contributed by atoms with E-state index in [0.29, 0.717) is 0 Å². The molecule has 0 aromatic carbocycles. The first-order chi connectivity index (χ1) is 6.95. The van der Waals surface area contributed by atoms with E-state index in [2.05, 4.69) is 10.2 Å². The Morgan fingerprint density at radius 3 is 1.57 bits per heavy atom. The summed E-state index contributed by atoms with van der Waals surface area (Å²) in [6.07, 6.45) is 13.5. The Labute approximate surface area is 81.9 Å². The van der Waals surface area contributed by atoms with Crippen molar-refractivity contribution in [1.82, 2.24) is 0 Å². The van der Waals surface area contributed by atoms with Crippen molar-refractivity contribution in [3.63, 3.8) is 0 Å². The fraction of sp³-hybridized carbons (Fsp3) is 0.200. The van der Waals surface area contributed by atoms with Crippen LogP contribution < -0.4 is 0 Å². The third-order valence-electron chi connectivity index (χ3n) is 1.66. The summed E-state index contributed by atoms with van der Waals surface area (Å²) in [5, 5.41) is 7.92. The van der Waals surface area contributed by atoms with E-state index in [-0.39, 0.29) is 12.5 Å². The molecule has 0 aromatic rings. The molecule has 14 heavy (non-hydrogen) atoms. The summed E-state index contributed by atoms with van der Waals surface area (Å²) in [5.74, 6) is 0. The van der Waals surface area contributed by atoms with Gasteiger partial charge < -0.3 is 9.47 Å². The van der Waals surface area contributed by atoms with Gasteiger partial charge >= 0.3 is 0 Å². The zero-order chi connectivity index (χ0) is 9.64. The molecule has 0 bridgehead atoms. The van der Waals surface area contributed by atoms with Crippen molar-refractivity contribution in [3.8, 4) is 0 Å². The quantitative estimate of drug-likeness (QED) is 0.627. The summed E-state index contributed by atoms with van der Waals surface area (Å²) in [6.45, 7) is 0. The molecule has 0 aliphatic carbocycles. The summed E-state index contributed by atoms with van der Waals surface area (Å²) in [7, 11) is 0. The smallest absolute Gasteiger partial charge is 0.227 e. The van der Waals surface area contributed by atoms with Gasteiger partial charge in [-0.3, -0.25) is 0 Å². The summed E-state index contributed by atoms with van der Waals surface area (Å²) >= 11 is 0. The fourth-order valence-electron chi connectivity index (χ4n) is 1.01. The van der Waals surface area contributed by atoms with E-state index in [1.54, 1.807) is 24.7 Å². The van der Waals surface area contributed by atoms with Crippen molar-refractivity contribution in [3.05, 3.63) is 49.0 Å². The van der Waals surface area contributed by atoms with Gasteiger partial charge in [-0.05, 0) is 24.3 Å². The van der Waals surface area contributed by atoms with Crippen LogP contribution in [0, 0.1) is 0 Å². The zero-order valence-corrected chi connectivity index (χ0v) is 7.48.